The number of nitrogens with zero attached hydrogens (tertiary/aromatic N) is 1. The lowest BCUT2D eigenvalue weighted by Gasteiger charge is -2.15. The highest BCUT2D eigenvalue weighted by molar-refractivity contribution is 5.89. The van der Waals surface area contributed by atoms with E-state index in [-0.39, 0.29) is 5.92 Å². The van der Waals surface area contributed by atoms with E-state index in [0.29, 0.717) is 0 Å². The van der Waals surface area contributed by atoms with E-state index in [1.165, 1.54) is 33.0 Å². The van der Waals surface area contributed by atoms with E-state index in [2.05, 4.69) is 78.9 Å². The fraction of sp³-hybridized carbons (Fsp3) is 0.0455. The molecule has 3 aromatic carbocycles. The predicted molar refractivity (Wildman–Crippen MR) is 94.6 cm³/mol. The molecule has 1 aliphatic carbocycles. The third-order valence-corrected chi connectivity index (χ3v) is 4.81. The topological polar surface area (TPSA) is 12.9 Å². The molecule has 1 heteroatoms. The van der Waals surface area contributed by atoms with Gasteiger partial charge in [-0.2, -0.15) is 0 Å². The molecule has 1 aliphatic rings. The Labute approximate surface area is 135 Å². The largest absolute Gasteiger partial charge is 0.260 e. The summed E-state index contributed by atoms with van der Waals surface area (Å²) in [6.07, 6.45) is 1.93. The summed E-state index contributed by atoms with van der Waals surface area (Å²) in [5, 5.41) is 2.49. The van der Waals surface area contributed by atoms with Crippen LogP contribution in [0.4, 0.5) is 0 Å². The molecular weight excluding hydrogens is 278 g/mol. The highest BCUT2D eigenvalue weighted by atomic mass is 14.7. The zero-order valence-electron chi connectivity index (χ0n) is 12.6. The molecule has 0 amide bonds. The Bertz CT molecular complexity index is 982. The van der Waals surface area contributed by atoms with Crippen LogP contribution in [-0.2, 0) is 0 Å². The third kappa shape index (κ3) is 1.77. The molecule has 4 aromatic rings. The van der Waals surface area contributed by atoms with E-state index in [9.17, 15) is 0 Å². The minimum absolute atomic E-state index is 0.216. The summed E-state index contributed by atoms with van der Waals surface area (Å²) in [7, 11) is 0. The van der Waals surface area contributed by atoms with Crippen molar-refractivity contribution < 1.29 is 0 Å². The van der Waals surface area contributed by atoms with Gasteiger partial charge in [0, 0.05) is 11.6 Å². The van der Waals surface area contributed by atoms with Gasteiger partial charge in [0.15, 0.2) is 0 Å². The van der Waals surface area contributed by atoms with Crippen molar-refractivity contribution in [3.8, 4) is 11.1 Å². The van der Waals surface area contributed by atoms with Gasteiger partial charge < -0.3 is 0 Å². The number of rotatable bonds is 1. The van der Waals surface area contributed by atoms with Gasteiger partial charge in [0.2, 0.25) is 0 Å². The Hall–Kier alpha value is -2.93. The SMILES string of the molecule is c1ccc2c(c1)-c1ccccc1C2c1nccc2ccccc12. The molecule has 0 fully saturated rings. The van der Waals surface area contributed by atoms with Gasteiger partial charge in [-0.1, -0.05) is 72.8 Å². The minimum atomic E-state index is 0.216. The number of benzene rings is 3. The summed E-state index contributed by atoms with van der Waals surface area (Å²) < 4.78 is 0. The maximum absolute atomic E-state index is 4.79. The lowest BCUT2D eigenvalue weighted by atomic mass is 9.90. The monoisotopic (exact) mass is 293 g/mol. The highest BCUT2D eigenvalue weighted by Crippen LogP contribution is 2.48. The van der Waals surface area contributed by atoms with Crippen LogP contribution in [0.5, 0.6) is 0 Å². The van der Waals surface area contributed by atoms with Crippen molar-refractivity contribution >= 4 is 10.8 Å². The van der Waals surface area contributed by atoms with Gasteiger partial charge in [-0.25, -0.2) is 0 Å². The summed E-state index contributed by atoms with van der Waals surface area (Å²) in [5.41, 5.74) is 6.54. The van der Waals surface area contributed by atoms with Crippen LogP contribution in [0.3, 0.4) is 0 Å². The van der Waals surface area contributed by atoms with E-state index >= 15 is 0 Å². The normalized spacial score (nSPS) is 13.0. The van der Waals surface area contributed by atoms with Crippen LogP contribution < -0.4 is 0 Å². The predicted octanol–water partition coefficient (Wildman–Crippen LogP) is 5.40. The van der Waals surface area contributed by atoms with Gasteiger partial charge in [0.25, 0.3) is 0 Å². The number of hydrogen-bond acceptors (Lipinski definition) is 1. The average Bonchev–Trinajstić information content (AvgIpc) is 2.96. The average molecular weight is 293 g/mol. The maximum atomic E-state index is 4.79. The first-order valence-electron chi connectivity index (χ1n) is 7.95. The second-order valence-electron chi connectivity index (χ2n) is 6.02. The van der Waals surface area contributed by atoms with E-state index in [1.807, 2.05) is 6.20 Å². The smallest absolute Gasteiger partial charge is 0.0601 e. The summed E-state index contributed by atoms with van der Waals surface area (Å²) in [6.45, 7) is 0. The molecule has 0 radical (unpaired) electrons. The van der Waals surface area contributed by atoms with Crippen molar-refractivity contribution in [3.05, 3.63) is 102 Å². The van der Waals surface area contributed by atoms with E-state index < -0.39 is 0 Å². The molecule has 0 saturated carbocycles. The summed E-state index contributed by atoms with van der Waals surface area (Å²) in [5.74, 6) is 0.216. The third-order valence-electron chi connectivity index (χ3n) is 4.81. The van der Waals surface area contributed by atoms with Crippen molar-refractivity contribution in [2.75, 3.05) is 0 Å². The molecule has 1 heterocycles. The minimum Gasteiger partial charge on any atom is -0.260 e. The fourth-order valence-electron chi connectivity index (χ4n) is 3.82. The van der Waals surface area contributed by atoms with Crippen LogP contribution in [0, 0.1) is 0 Å². The molecule has 108 valence electrons. The molecule has 23 heavy (non-hydrogen) atoms. The summed E-state index contributed by atoms with van der Waals surface area (Å²) in [6, 6.07) is 28.0. The van der Waals surface area contributed by atoms with Crippen LogP contribution in [0.1, 0.15) is 22.7 Å². The lowest BCUT2D eigenvalue weighted by Crippen LogP contribution is -2.02. The Morgan fingerprint density at radius 1 is 0.609 bits per heavy atom. The Morgan fingerprint density at radius 3 is 1.96 bits per heavy atom. The van der Waals surface area contributed by atoms with Crippen LogP contribution in [0.2, 0.25) is 0 Å². The van der Waals surface area contributed by atoms with Crippen LogP contribution in [0.25, 0.3) is 21.9 Å². The number of fused-ring (bicyclic) bond motifs is 4. The number of aromatic nitrogens is 1. The lowest BCUT2D eigenvalue weighted by molar-refractivity contribution is 0.962. The standard InChI is InChI=1S/C22H15N/c1-2-8-16-15(7-1)13-14-23-22(16)21-19-11-5-3-9-17(19)18-10-4-6-12-20(18)21/h1-14,21H. The van der Waals surface area contributed by atoms with Gasteiger partial charge in [-0.15, -0.1) is 0 Å². The van der Waals surface area contributed by atoms with Gasteiger partial charge in [-0.05, 0) is 33.7 Å². The second-order valence-corrected chi connectivity index (χ2v) is 6.02. The molecular formula is C22H15N. The first-order valence-corrected chi connectivity index (χ1v) is 7.95. The van der Waals surface area contributed by atoms with Crippen molar-refractivity contribution in [2.24, 2.45) is 0 Å². The van der Waals surface area contributed by atoms with Crippen LogP contribution in [-0.4, -0.2) is 4.98 Å². The maximum Gasteiger partial charge on any atom is 0.0601 e. The zero-order valence-corrected chi connectivity index (χ0v) is 12.6. The molecule has 1 aromatic heterocycles. The fourth-order valence-corrected chi connectivity index (χ4v) is 3.82. The molecule has 1 nitrogen and oxygen atoms in total. The van der Waals surface area contributed by atoms with E-state index in [0.717, 1.165) is 5.69 Å². The first kappa shape index (κ1) is 12.6. The van der Waals surface area contributed by atoms with Gasteiger partial charge in [-0.3, -0.25) is 4.98 Å². The second kappa shape index (κ2) is 4.79. The molecule has 5 rings (SSSR count). The quantitative estimate of drug-likeness (QED) is 0.403. The molecule has 0 atom stereocenters. The van der Waals surface area contributed by atoms with Crippen molar-refractivity contribution in [1.29, 1.82) is 0 Å². The summed E-state index contributed by atoms with van der Waals surface area (Å²) in [4.78, 5) is 4.79. The highest BCUT2D eigenvalue weighted by Gasteiger charge is 2.31. The van der Waals surface area contributed by atoms with E-state index in [1.54, 1.807) is 0 Å². The molecule has 0 bridgehead atoms. The number of pyridine rings is 1. The van der Waals surface area contributed by atoms with E-state index in [4.69, 9.17) is 4.98 Å². The van der Waals surface area contributed by atoms with Gasteiger partial charge >= 0.3 is 0 Å². The van der Waals surface area contributed by atoms with Crippen LogP contribution in [0.15, 0.2) is 85.1 Å². The van der Waals surface area contributed by atoms with Crippen molar-refractivity contribution in [2.45, 2.75) is 5.92 Å². The van der Waals surface area contributed by atoms with Gasteiger partial charge in [0.05, 0.1) is 11.6 Å². The molecule has 0 N–H and O–H groups in total. The Kier molecular flexibility index (Phi) is 2.62. The van der Waals surface area contributed by atoms with Crippen LogP contribution >= 0.6 is 0 Å². The van der Waals surface area contributed by atoms with Crippen molar-refractivity contribution in [3.63, 3.8) is 0 Å². The Balaban J connectivity index is 1.86. The zero-order chi connectivity index (χ0) is 15.2. The summed E-state index contributed by atoms with van der Waals surface area (Å²) >= 11 is 0. The molecule has 0 spiro atoms. The van der Waals surface area contributed by atoms with Gasteiger partial charge in [0.1, 0.15) is 0 Å². The molecule has 0 saturated heterocycles. The first-order chi connectivity index (χ1) is 11.4. The number of hydrogen-bond donors (Lipinski definition) is 0. The molecule has 0 aliphatic heterocycles. The van der Waals surface area contributed by atoms with Crippen molar-refractivity contribution in [1.82, 2.24) is 4.98 Å². The molecule has 0 unspecified atom stereocenters. The Morgan fingerprint density at radius 2 is 1.22 bits per heavy atom.